The fourth-order valence-electron chi connectivity index (χ4n) is 3.52. The summed E-state index contributed by atoms with van der Waals surface area (Å²) in [4.78, 5) is 24.4. The molecule has 34 heavy (non-hydrogen) atoms. The predicted octanol–water partition coefficient (Wildman–Crippen LogP) is 6.19. The zero-order valence-corrected chi connectivity index (χ0v) is 22.9. The van der Waals surface area contributed by atoms with Crippen LogP contribution in [0.2, 0.25) is 18.1 Å². The first-order valence-electron chi connectivity index (χ1n) is 11.6. The fraction of sp³-hybridized carbons (Fsp3) is 0.538. The van der Waals surface area contributed by atoms with Gasteiger partial charge in [0.15, 0.2) is 8.32 Å². The van der Waals surface area contributed by atoms with E-state index < -0.39 is 20.4 Å². The highest BCUT2D eigenvalue weighted by molar-refractivity contribution is 6.74. The van der Waals surface area contributed by atoms with Crippen LogP contribution in [0.15, 0.2) is 24.3 Å². The maximum absolute atomic E-state index is 12.2. The third-order valence-electron chi connectivity index (χ3n) is 6.28. The number of hydrogen-bond donors (Lipinski definition) is 0. The lowest BCUT2D eigenvalue weighted by Crippen LogP contribution is -2.42. The summed E-state index contributed by atoms with van der Waals surface area (Å²) >= 11 is 0. The second-order valence-corrected chi connectivity index (χ2v) is 14.4. The molecule has 0 spiro atoms. The highest BCUT2D eigenvalue weighted by Crippen LogP contribution is 2.47. The first-order chi connectivity index (χ1) is 15.9. The molecule has 0 aliphatic heterocycles. The average molecular weight is 491 g/mol. The van der Waals surface area contributed by atoms with E-state index in [-0.39, 0.29) is 17.4 Å². The molecule has 2 aromatic carbocycles. The molecule has 2 rings (SSSR count). The lowest BCUT2D eigenvalue weighted by atomic mass is 9.98. The van der Waals surface area contributed by atoms with Crippen LogP contribution in [0.3, 0.4) is 0 Å². The SMILES string of the molecule is CCOC(=O)CC[C@H](O[Si](C)(C)C(C)(C)C)c1ccc2c(OC)ccc(OC)c2c1OC(C)=O. The standard InChI is InChI=1S/C26H38O7Si/c1-10-31-23(28)16-15-21(33-34(8,9)26(3,4)5)19-12-11-18-20(29-6)13-14-22(30-7)24(18)25(19)32-17(2)27/h11-14,21H,10,15-16H2,1-9H3/t21-/m0/s1. The summed E-state index contributed by atoms with van der Waals surface area (Å²) in [6.07, 6.45) is 0.0806. The van der Waals surface area contributed by atoms with E-state index in [1.54, 1.807) is 27.2 Å². The molecule has 1 atom stereocenters. The molecule has 0 saturated carbocycles. The molecule has 0 heterocycles. The normalized spacial score (nSPS) is 12.9. The van der Waals surface area contributed by atoms with Crippen molar-refractivity contribution in [2.75, 3.05) is 20.8 Å². The van der Waals surface area contributed by atoms with Crippen molar-refractivity contribution < 1.29 is 33.0 Å². The Morgan fingerprint density at radius 3 is 2.15 bits per heavy atom. The molecule has 0 aliphatic carbocycles. The number of ether oxygens (including phenoxy) is 4. The molecule has 0 radical (unpaired) electrons. The van der Waals surface area contributed by atoms with Gasteiger partial charge in [0.25, 0.3) is 0 Å². The van der Waals surface area contributed by atoms with Gasteiger partial charge in [-0.05, 0) is 49.7 Å². The van der Waals surface area contributed by atoms with Crippen molar-refractivity contribution in [1.29, 1.82) is 0 Å². The molecule has 0 amide bonds. The van der Waals surface area contributed by atoms with Crippen LogP contribution in [0.5, 0.6) is 17.2 Å². The number of benzene rings is 2. The van der Waals surface area contributed by atoms with Gasteiger partial charge < -0.3 is 23.4 Å². The van der Waals surface area contributed by atoms with Crippen LogP contribution in [0.4, 0.5) is 0 Å². The minimum absolute atomic E-state index is 0.0610. The van der Waals surface area contributed by atoms with Gasteiger partial charge in [-0.3, -0.25) is 9.59 Å². The summed E-state index contributed by atoms with van der Waals surface area (Å²) in [5.74, 6) is 0.776. The van der Waals surface area contributed by atoms with Crippen molar-refractivity contribution in [2.45, 2.75) is 71.7 Å². The van der Waals surface area contributed by atoms with Gasteiger partial charge in [-0.15, -0.1) is 0 Å². The van der Waals surface area contributed by atoms with E-state index in [1.165, 1.54) is 6.92 Å². The molecule has 0 aliphatic rings. The van der Waals surface area contributed by atoms with Crippen molar-refractivity contribution in [3.05, 3.63) is 29.8 Å². The van der Waals surface area contributed by atoms with Gasteiger partial charge in [-0.25, -0.2) is 0 Å². The molecule has 8 heteroatoms. The van der Waals surface area contributed by atoms with Crippen LogP contribution in [0.25, 0.3) is 10.8 Å². The number of carbonyl (C=O) groups is 2. The lowest BCUT2D eigenvalue weighted by Gasteiger charge is -2.39. The van der Waals surface area contributed by atoms with Gasteiger partial charge in [-0.1, -0.05) is 26.8 Å². The van der Waals surface area contributed by atoms with Gasteiger partial charge in [0.05, 0.1) is 32.3 Å². The number of hydrogen-bond acceptors (Lipinski definition) is 7. The van der Waals surface area contributed by atoms with E-state index in [9.17, 15) is 9.59 Å². The summed E-state index contributed by atoms with van der Waals surface area (Å²) in [5, 5.41) is 1.31. The molecular formula is C26H38O7Si. The van der Waals surface area contributed by atoms with E-state index >= 15 is 0 Å². The zero-order valence-electron chi connectivity index (χ0n) is 21.9. The summed E-state index contributed by atoms with van der Waals surface area (Å²) in [7, 11) is 0.892. The van der Waals surface area contributed by atoms with Crippen LogP contribution in [-0.4, -0.2) is 41.1 Å². The second-order valence-electron chi connectivity index (χ2n) is 9.68. The van der Waals surface area contributed by atoms with E-state index in [4.69, 9.17) is 23.4 Å². The molecule has 2 aromatic rings. The summed E-state index contributed by atoms with van der Waals surface area (Å²) in [6.45, 7) is 14.2. The number of fused-ring (bicyclic) bond motifs is 1. The third kappa shape index (κ3) is 6.30. The Morgan fingerprint density at radius 2 is 1.62 bits per heavy atom. The molecule has 188 valence electrons. The second kappa shape index (κ2) is 11.2. The van der Waals surface area contributed by atoms with Gasteiger partial charge in [-0.2, -0.15) is 0 Å². The first kappa shape index (κ1) is 27.7. The van der Waals surface area contributed by atoms with Gasteiger partial charge in [0.1, 0.15) is 17.2 Å². The Hall–Kier alpha value is -2.58. The Kier molecular flexibility index (Phi) is 9.13. The van der Waals surface area contributed by atoms with Crippen LogP contribution in [-0.2, 0) is 18.8 Å². The summed E-state index contributed by atoms with van der Waals surface area (Å²) in [5.41, 5.74) is 0.684. The van der Waals surface area contributed by atoms with Crippen LogP contribution < -0.4 is 14.2 Å². The third-order valence-corrected chi connectivity index (χ3v) is 10.8. The average Bonchev–Trinajstić information content (AvgIpc) is 2.75. The molecule has 0 saturated heterocycles. The monoisotopic (exact) mass is 490 g/mol. The Morgan fingerprint density at radius 1 is 1.00 bits per heavy atom. The van der Waals surface area contributed by atoms with Crippen molar-refractivity contribution in [1.82, 2.24) is 0 Å². The van der Waals surface area contributed by atoms with Crippen LogP contribution in [0.1, 0.15) is 59.1 Å². The lowest BCUT2D eigenvalue weighted by molar-refractivity contribution is -0.143. The number of rotatable bonds is 10. The smallest absolute Gasteiger partial charge is 0.308 e. The summed E-state index contributed by atoms with van der Waals surface area (Å²) in [6, 6.07) is 7.37. The highest BCUT2D eigenvalue weighted by atomic mass is 28.4. The van der Waals surface area contributed by atoms with Gasteiger partial charge in [0, 0.05) is 24.3 Å². The van der Waals surface area contributed by atoms with E-state index in [1.807, 2.05) is 18.2 Å². The first-order valence-corrected chi connectivity index (χ1v) is 14.5. The molecule has 0 N–H and O–H groups in total. The fourth-order valence-corrected chi connectivity index (χ4v) is 4.83. The van der Waals surface area contributed by atoms with Crippen molar-refractivity contribution in [3.63, 3.8) is 0 Å². The Bertz CT molecular complexity index is 1020. The number of esters is 2. The highest BCUT2D eigenvalue weighted by Gasteiger charge is 2.40. The predicted molar refractivity (Wildman–Crippen MR) is 135 cm³/mol. The molecule has 0 unspecified atom stereocenters. The maximum Gasteiger partial charge on any atom is 0.308 e. The van der Waals surface area contributed by atoms with Gasteiger partial charge >= 0.3 is 11.9 Å². The molecule has 7 nitrogen and oxygen atoms in total. The molecule has 0 fully saturated rings. The minimum Gasteiger partial charge on any atom is -0.496 e. The van der Waals surface area contributed by atoms with Crippen molar-refractivity contribution in [2.24, 2.45) is 0 Å². The van der Waals surface area contributed by atoms with E-state index in [2.05, 4.69) is 33.9 Å². The van der Waals surface area contributed by atoms with Crippen LogP contribution >= 0.6 is 0 Å². The van der Waals surface area contributed by atoms with Gasteiger partial charge in [0.2, 0.25) is 0 Å². The molecule has 0 bridgehead atoms. The minimum atomic E-state index is -2.26. The van der Waals surface area contributed by atoms with E-state index in [0.717, 1.165) is 5.39 Å². The molecular weight excluding hydrogens is 452 g/mol. The topological polar surface area (TPSA) is 80.3 Å². The quantitative estimate of drug-likeness (QED) is 0.223. The molecule has 0 aromatic heterocycles. The van der Waals surface area contributed by atoms with E-state index in [0.29, 0.717) is 41.2 Å². The maximum atomic E-state index is 12.2. The summed E-state index contributed by atoms with van der Waals surface area (Å²) < 4.78 is 28.9. The Balaban J connectivity index is 2.75. The van der Waals surface area contributed by atoms with Crippen molar-refractivity contribution in [3.8, 4) is 17.2 Å². The van der Waals surface area contributed by atoms with Crippen LogP contribution in [0, 0.1) is 0 Å². The zero-order chi connectivity index (χ0) is 25.7. The largest absolute Gasteiger partial charge is 0.496 e. The number of carbonyl (C=O) groups excluding carboxylic acids is 2. The Labute approximate surface area is 203 Å². The van der Waals surface area contributed by atoms with Crippen molar-refractivity contribution >= 4 is 31.0 Å². The number of methoxy groups -OCH3 is 2.